The highest BCUT2D eigenvalue weighted by Crippen LogP contribution is 2.34. The summed E-state index contributed by atoms with van der Waals surface area (Å²) in [6.45, 7) is 7.24. The molecule has 1 heterocycles. The SMILES string of the molecule is CCOC(C)Oc1cc(N2C(=O)CC(=C(C)C)C2=O)c(F)cc1C#N. The van der Waals surface area contributed by atoms with E-state index in [-0.39, 0.29) is 23.4 Å². The molecule has 0 aromatic heterocycles. The highest BCUT2D eigenvalue weighted by molar-refractivity contribution is 6.28. The standard InChI is InChI=1S/C18H19FN2O4/c1-5-24-11(4)25-16-8-15(14(19)6-12(16)9-20)21-17(22)7-13(10(2)3)18(21)23/h6,8,11H,5,7H2,1-4H3. The minimum absolute atomic E-state index is 0.0469. The lowest BCUT2D eigenvalue weighted by molar-refractivity contribution is -0.120. The monoisotopic (exact) mass is 346 g/mol. The Kier molecular flexibility index (Phi) is 5.55. The smallest absolute Gasteiger partial charge is 0.261 e. The van der Waals surface area contributed by atoms with Crippen LogP contribution in [0.3, 0.4) is 0 Å². The molecule has 1 aliphatic rings. The van der Waals surface area contributed by atoms with Gasteiger partial charge in [0.15, 0.2) is 6.29 Å². The zero-order valence-corrected chi connectivity index (χ0v) is 14.6. The van der Waals surface area contributed by atoms with Gasteiger partial charge < -0.3 is 9.47 Å². The number of hydrogen-bond donors (Lipinski definition) is 0. The Hall–Kier alpha value is -2.72. The van der Waals surface area contributed by atoms with Crippen molar-refractivity contribution >= 4 is 17.5 Å². The molecule has 1 unspecified atom stereocenters. The lowest BCUT2D eigenvalue weighted by atomic mass is 10.1. The predicted octanol–water partition coefficient (Wildman–Crippen LogP) is 3.06. The van der Waals surface area contributed by atoms with Crippen molar-refractivity contribution < 1.29 is 23.5 Å². The lowest BCUT2D eigenvalue weighted by Crippen LogP contribution is -2.30. The van der Waals surface area contributed by atoms with Crippen molar-refractivity contribution in [1.29, 1.82) is 5.26 Å². The van der Waals surface area contributed by atoms with Gasteiger partial charge in [-0.3, -0.25) is 9.59 Å². The number of imide groups is 1. The van der Waals surface area contributed by atoms with Gasteiger partial charge in [0.2, 0.25) is 5.91 Å². The third-order valence-corrected chi connectivity index (χ3v) is 3.75. The maximum Gasteiger partial charge on any atom is 0.261 e. The Labute approximate surface area is 145 Å². The summed E-state index contributed by atoms with van der Waals surface area (Å²) in [5.41, 5.74) is 0.772. The Morgan fingerprint density at radius 3 is 2.60 bits per heavy atom. The molecule has 7 heteroatoms. The van der Waals surface area contributed by atoms with Gasteiger partial charge >= 0.3 is 0 Å². The van der Waals surface area contributed by atoms with Crippen molar-refractivity contribution in [2.75, 3.05) is 11.5 Å². The van der Waals surface area contributed by atoms with Gasteiger partial charge in [0.05, 0.1) is 17.7 Å². The molecule has 0 radical (unpaired) electrons. The fourth-order valence-corrected chi connectivity index (χ4v) is 2.53. The number of nitriles is 1. The summed E-state index contributed by atoms with van der Waals surface area (Å²) in [6, 6.07) is 3.97. The van der Waals surface area contributed by atoms with Gasteiger partial charge in [0.1, 0.15) is 17.6 Å². The minimum Gasteiger partial charge on any atom is -0.464 e. The van der Waals surface area contributed by atoms with Gasteiger partial charge in [0.25, 0.3) is 5.91 Å². The first-order valence-corrected chi connectivity index (χ1v) is 7.85. The third kappa shape index (κ3) is 3.69. The number of carbonyl (C=O) groups is 2. The molecule has 1 fully saturated rings. The predicted molar refractivity (Wildman–Crippen MR) is 88.3 cm³/mol. The molecule has 0 saturated carbocycles. The fraction of sp³-hybridized carbons (Fsp3) is 0.389. The molecule has 0 spiro atoms. The van der Waals surface area contributed by atoms with Gasteiger partial charge in [-0.05, 0) is 33.8 Å². The van der Waals surface area contributed by atoms with E-state index in [0.717, 1.165) is 11.0 Å². The summed E-state index contributed by atoms with van der Waals surface area (Å²) in [5.74, 6) is -1.87. The molecule has 2 rings (SSSR count). The minimum atomic E-state index is -0.843. The summed E-state index contributed by atoms with van der Waals surface area (Å²) in [7, 11) is 0. The average molecular weight is 346 g/mol. The van der Waals surface area contributed by atoms with E-state index in [1.807, 2.05) is 6.07 Å². The van der Waals surface area contributed by atoms with Crippen molar-refractivity contribution in [2.45, 2.75) is 40.4 Å². The molecule has 1 aromatic carbocycles. The van der Waals surface area contributed by atoms with E-state index >= 15 is 0 Å². The first-order chi connectivity index (χ1) is 11.8. The second kappa shape index (κ2) is 7.45. The third-order valence-electron chi connectivity index (χ3n) is 3.75. The molecule has 6 nitrogen and oxygen atoms in total. The first kappa shape index (κ1) is 18.6. The molecular weight excluding hydrogens is 327 g/mol. The molecule has 2 amide bonds. The zero-order chi connectivity index (χ0) is 18.7. The second-order valence-electron chi connectivity index (χ2n) is 5.74. The summed E-state index contributed by atoms with van der Waals surface area (Å²) in [5, 5.41) is 9.17. The van der Waals surface area contributed by atoms with Crippen molar-refractivity contribution in [3.8, 4) is 11.8 Å². The van der Waals surface area contributed by atoms with Crippen LogP contribution in [-0.2, 0) is 14.3 Å². The molecule has 0 N–H and O–H groups in total. The molecule has 1 aromatic rings. The Bertz CT molecular complexity index is 791. The van der Waals surface area contributed by atoms with E-state index < -0.39 is 23.9 Å². The van der Waals surface area contributed by atoms with Gasteiger partial charge in [-0.25, -0.2) is 9.29 Å². The van der Waals surface area contributed by atoms with E-state index in [1.54, 1.807) is 27.7 Å². The lowest BCUT2D eigenvalue weighted by Gasteiger charge is -2.19. The van der Waals surface area contributed by atoms with Crippen molar-refractivity contribution in [1.82, 2.24) is 0 Å². The van der Waals surface area contributed by atoms with Crippen LogP contribution in [0.5, 0.6) is 5.75 Å². The van der Waals surface area contributed by atoms with E-state index in [0.29, 0.717) is 17.8 Å². The number of ether oxygens (including phenoxy) is 2. The van der Waals surface area contributed by atoms with E-state index in [4.69, 9.17) is 14.7 Å². The summed E-state index contributed by atoms with van der Waals surface area (Å²) in [4.78, 5) is 25.5. The maximum absolute atomic E-state index is 14.4. The van der Waals surface area contributed by atoms with Gasteiger partial charge in [-0.15, -0.1) is 0 Å². The van der Waals surface area contributed by atoms with Crippen LogP contribution in [-0.4, -0.2) is 24.7 Å². The van der Waals surface area contributed by atoms with Crippen LogP contribution in [0.4, 0.5) is 10.1 Å². The topological polar surface area (TPSA) is 79.6 Å². The number of hydrogen-bond acceptors (Lipinski definition) is 5. The van der Waals surface area contributed by atoms with Crippen LogP contribution in [0, 0.1) is 17.1 Å². The quantitative estimate of drug-likeness (QED) is 0.465. The van der Waals surface area contributed by atoms with Crippen LogP contribution >= 0.6 is 0 Å². The number of rotatable bonds is 5. The van der Waals surface area contributed by atoms with E-state index in [2.05, 4.69) is 0 Å². The first-order valence-electron chi connectivity index (χ1n) is 7.85. The highest BCUT2D eigenvalue weighted by atomic mass is 19.1. The molecular formula is C18H19FN2O4. The summed E-state index contributed by atoms with van der Waals surface area (Å²) >= 11 is 0. The summed E-state index contributed by atoms with van der Waals surface area (Å²) in [6.07, 6.45) is -0.750. The van der Waals surface area contributed by atoms with Gasteiger partial charge in [0, 0.05) is 18.2 Å². The summed E-state index contributed by atoms with van der Waals surface area (Å²) < 4.78 is 25.2. The fourth-order valence-electron chi connectivity index (χ4n) is 2.53. The number of allylic oxidation sites excluding steroid dienone is 1. The van der Waals surface area contributed by atoms with Crippen molar-refractivity contribution in [3.63, 3.8) is 0 Å². The maximum atomic E-state index is 14.4. The number of nitrogens with zero attached hydrogens (tertiary/aromatic N) is 2. The van der Waals surface area contributed by atoms with Crippen LogP contribution in [0.1, 0.15) is 39.7 Å². The molecule has 0 aliphatic carbocycles. The van der Waals surface area contributed by atoms with Gasteiger partial charge in [-0.1, -0.05) is 5.57 Å². The van der Waals surface area contributed by atoms with E-state index in [9.17, 15) is 14.0 Å². The number of amides is 2. The normalized spacial score (nSPS) is 15.4. The Balaban J connectivity index is 2.49. The Morgan fingerprint density at radius 1 is 1.40 bits per heavy atom. The Morgan fingerprint density at radius 2 is 2.08 bits per heavy atom. The van der Waals surface area contributed by atoms with Crippen LogP contribution in [0.25, 0.3) is 0 Å². The molecule has 25 heavy (non-hydrogen) atoms. The van der Waals surface area contributed by atoms with Crippen molar-refractivity contribution in [3.05, 3.63) is 34.7 Å². The van der Waals surface area contributed by atoms with Crippen molar-refractivity contribution in [2.24, 2.45) is 0 Å². The van der Waals surface area contributed by atoms with Gasteiger partial charge in [-0.2, -0.15) is 5.26 Å². The second-order valence-corrected chi connectivity index (χ2v) is 5.74. The molecule has 0 bridgehead atoms. The highest BCUT2D eigenvalue weighted by Gasteiger charge is 2.37. The molecule has 1 aliphatic heterocycles. The number of anilines is 1. The van der Waals surface area contributed by atoms with Crippen LogP contribution < -0.4 is 9.64 Å². The van der Waals surface area contributed by atoms with Crippen LogP contribution in [0.15, 0.2) is 23.3 Å². The molecule has 1 atom stereocenters. The molecule has 132 valence electrons. The number of halogens is 1. The number of benzene rings is 1. The largest absolute Gasteiger partial charge is 0.464 e. The number of carbonyl (C=O) groups excluding carboxylic acids is 2. The van der Waals surface area contributed by atoms with Crippen LogP contribution in [0.2, 0.25) is 0 Å². The average Bonchev–Trinajstić information content (AvgIpc) is 2.84. The zero-order valence-electron chi connectivity index (χ0n) is 14.6. The molecule has 1 saturated heterocycles. The van der Waals surface area contributed by atoms with E-state index in [1.165, 1.54) is 6.07 Å².